The average Bonchev–Trinajstić information content (AvgIpc) is 2.77. The molecule has 0 saturated carbocycles. The smallest absolute Gasteiger partial charge is 0.393 e. The minimum atomic E-state index is -4.54. The third kappa shape index (κ3) is 3.74. The Morgan fingerprint density at radius 2 is 2.05 bits per heavy atom. The Hall–Kier alpha value is -1.15. The molecule has 0 bridgehead atoms. The van der Waals surface area contributed by atoms with Gasteiger partial charge in [0.25, 0.3) is 0 Å². The van der Waals surface area contributed by atoms with Gasteiger partial charge in [0, 0.05) is 24.1 Å². The van der Waals surface area contributed by atoms with Crippen molar-refractivity contribution in [1.29, 1.82) is 0 Å². The summed E-state index contributed by atoms with van der Waals surface area (Å²) in [6.45, 7) is -0.412. The summed E-state index contributed by atoms with van der Waals surface area (Å²) in [7, 11) is 0. The Morgan fingerprint density at radius 3 is 2.52 bits per heavy atom. The normalized spacial score (nSPS) is 23.5. The molecule has 8 heteroatoms. The highest BCUT2D eigenvalue weighted by Crippen LogP contribution is 2.38. The Balaban J connectivity index is 2.14. The van der Waals surface area contributed by atoms with E-state index in [-0.39, 0.29) is 19.6 Å². The number of aliphatic carboxylic acids is 1. The van der Waals surface area contributed by atoms with Crippen LogP contribution in [0, 0.1) is 17.7 Å². The number of nitrogens with zero attached hydrogens (tertiary/aromatic N) is 1. The second-order valence-corrected chi connectivity index (χ2v) is 5.88. The molecule has 1 aliphatic heterocycles. The zero-order valence-corrected chi connectivity index (χ0v) is 12.3. The van der Waals surface area contributed by atoms with E-state index in [1.165, 1.54) is 23.1 Å². The van der Waals surface area contributed by atoms with Gasteiger partial charge in [-0.1, -0.05) is 22.0 Å². The van der Waals surface area contributed by atoms with Gasteiger partial charge in [-0.15, -0.1) is 0 Å². The van der Waals surface area contributed by atoms with Crippen LogP contribution in [-0.4, -0.2) is 35.2 Å². The van der Waals surface area contributed by atoms with Crippen LogP contribution in [0.4, 0.5) is 17.6 Å². The molecule has 116 valence electrons. The predicted molar refractivity (Wildman–Crippen MR) is 70.0 cm³/mol. The first kappa shape index (κ1) is 16.2. The lowest BCUT2D eigenvalue weighted by Crippen LogP contribution is -2.33. The molecule has 1 aromatic carbocycles. The highest BCUT2D eigenvalue weighted by molar-refractivity contribution is 9.10. The Bertz CT molecular complexity index is 549. The Labute approximate surface area is 126 Å². The van der Waals surface area contributed by atoms with E-state index >= 15 is 0 Å². The van der Waals surface area contributed by atoms with Crippen LogP contribution >= 0.6 is 15.9 Å². The monoisotopic (exact) mass is 369 g/mol. The fourth-order valence-electron chi connectivity index (χ4n) is 2.49. The number of alkyl halides is 3. The summed E-state index contributed by atoms with van der Waals surface area (Å²) in [4.78, 5) is 12.4. The number of carboxylic acids is 1. The molecule has 0 unspecified atom stereocenters. The summed E-state index contributed by atoms with van der Waals surface area (Å²) in [5.74, 6) is -5.25. The molecule has 0 radical (unpaired) electrons. The third-order valence-corrected chi connectivity index (χ3v) is 4.28. The van der Waals surface area contributed by atoms with E-state index < -0.39 is 29.8 Å². The second-order valence-electron chi connectivity index (χ2n) is 5.02. The summed E-state index contributed by atoms with van der Waals surface area (Å²) >= 11 is 3.15. The summed E-state index contributed by atoms with van der Waals surface area (Å²) in [6, 6.07) is 3.91. The lowest BCUT2D eigenvalue weighted by atomic mass is 9.96. The maximum absolute atomic E-state index is 13.0. The molecule has 1 aromatic rings. The molecular formula is C13H12BrF4NO2. The van der Waals surface area contributed by atoms with Gasteiger partial charge < -0.3 is 5.11 Å². The van der Waals surface area contributed by atoms with Crippen LogP contribution in [0.1, 0.15) is 5.56 Å². The minimum Gasteiger partial charge on any atom is -0.481 e. The third-order valence-electron chi connectivity index (χ3n) is 3.54. The molecule has 0 aromatic heterocycles. The van der Waals surface area contributed by atoms with Gasteiger partial charge >= 0.3 is 12.1 Å². The largest absolute Gasteiger partial charge is 0.481 e. The van der Waals surface area contributed by atoms with Crippen molar-refractivity contribution in [2.75, 3.05) is 13.1 Å². The first-order valence-electron chi connectivity index (χ1n) is 6.14. The van der Waals surface area contributed by atoms with E-state index in [1.54, 1.807) is 0 Å². The van der Waals surface area contributed by atoms with Crippen LogP contribution in [0.15, 0.2) is 22.7 Å². The molecule has 1 saturated heterocycles. The summed E-state index contributed by atoms with van der Waals surface area (Å²) in [5.41, 5.74) is 0.614. The summed E-state index contributed by atoms with van der Waals surface area (Å²) in [6.07, 6.45) is -4.54. The number of hydrogen-bond donors (Lipinski definition) is 1. The van der Waals surface area contributed by atoms with E-state index in [0.29, 0.717) is 10.0 Å². The van der Waals surface area contributed by atoms with Gasteiger partial charge in [0.2, 0.25) is 0 Å². The topological polar surface area (TPSA) is 40.5 Å². The Kier molecular flexibility index (Phi) is 4.57. The van der Waals surface area contributed by atoms with Gasteiger partial charge in [-0.2, -0.15) is 13.2 Å². The maximum Gasteiger partial charge on any atom is 0.393 e. The number of rotatable bonds is 3. The quantitative estimate of drug-likeness (QED) is 0.831. The number of hydrogen-bond acceptors (Lipinski definition) is 2. The van der Waals surface area contributed by atoms with Crippen LogP contribution < -0.4 is 0 Å². The van der Waals surface area contributed by atoms with Crippen molar-refractivity contribution >= 4 is 21.9 Å². The van der Waals surface area contributed by atoms with Gasteiger partial charge in [-0.25, -0.2) is 4.39 Å². The maximum atomic E-state index is 13.0. The molecule has 1 heterocycles. The van der Waals surface area contributed by atoms with Crippen LogP contribution in [0.3, 0.4) is 0 Å². The lowest BCUT2D eigenvalue weighted by Gasteiger charge is -2.18. The Morgan fingerprint density at radius 1 is 1.38 bits per heavy atom. The fourth-order valence-corrected chi connectivity index (χ4v) is 2.96. The zero-order chi connectivity index (χ0) is 15.8. The van der Waals surface area contributed by atoms with Crippen molar-refractivity contribution in [2.45, 2.75) is 12.7 Å². The van der Waals surface area contributed by atoms with E-state index in [2.05, 4.69) is 15.9 Å². The van der Waals surface area contributed by atoms with Crippen molar-refractivity contribution in [1.82, 2.24) is 4.90 Å². The molecular weight excluding hydrogens is 358 g/mol. The molecule has 2 atom stereocenters. The minimum absolute atomic E-state index is 0.136. The number of carboxylic acid groups (broad SMARTS) is 1. The van der Waals surface area contributed by atoms with Crippen molar-refractivity contribution in [3.8, 4) is 0 Å². The fraction of sp³-hybridized carbons (Fsp3) is 0.462. The predicted octanol–water partition coefficient (Wildman–Crippen LogP) is 3.28. The van der Waals surface area contributed by atoms with Gasteiger partial charge in [-0.05, 0) is 17.7 Å². The average molecular weight is 370 g/mol. The lowest BCUT2D eigenvalue weighted by molar-refractivity contribution is -0.188. The molecule has 0 aliphatic carbocycles. The summed E-state index contributed by atoms with van der Waals surface area (Å²) < 4.78 is 52.0. The standard InChI is InChI=1S/C13H12BrF4NO2/c14-11-3-8(15)2-1-7(11)4-19-5-9(12(20)21)10(6-19)13(16,17)18/h1-3,9-10H,4-6H2,(H,20,21)/t9-,10-/m1/s1. The first-order valence-corrected chi connectivity index (χ1v) is 6.93. The molecule has 1 aliphatic rings. The van der Waals surface area contributed by atoms with Gasteiger partial charge in [0.1, 0.15) is 5.82 Å². The molecule has 1 fully saturated rings. The van der Waals surface area contributed by atoms with Crippen molar-refractivity contribution < 1.29 is 27.5 Å². The number of benzene rings is 1. The van der Waals surface area contributed by atoms with E-state index in [0.717, 1.165) is 0 Å². The number of halogens is 5. The SMILES string of the molecule is O=C(O)[C@@H]1CN(Cc2ccc(F)cc2Br)C[C@H]1C(F)(F)F. The first-order chi connectivity index (χ1) is 9.68. The van der Waals surface area contributed by atoms with Crippen molar-refractivity contribution in [3.63, 3.8) is 0 Å². The second kappa shape index (κ2) is 5.92. The number of carbonyl (C=O) groups is 1. The molecule has 1 N–H and O–H groups in total. The van der Waals surface area contributed by atoms with E-state index in [4.69, 9.17) is 5.11 Å². The van der Waals surface area contributed by atoms with E-state index in [1.807, 2.05) is 0 Å². The highest BCUT2D eigenvalue weighted by Gasteiger charge is 2.52. The molecule has 3 nitrogen and oxygen atoms in total. The molecule has 0 amide bonds. The van der Waals surface area contributed by atoms with Crippen molar-refractivity contribution in [3.05, 3.63) is 34.1 Å². The molecule has 21 heavy (non-hydrogen) atoms. The zero-order valence-electron chi connectivity index (χ0n) is 10.7. The summed E-state index contributed by atoms with van der Waals surface area (Å²) in [5, 5.41) is 8.94. The van der Waals surface area contributed by atoms with Gasteiger partial charge in [0.05, 0.1) is 11.8 Å². The molecule has 2 rings (SSSR count). The number of likely N-dealkylation sites (tertiary alicyclic amines) is 1. The van der Waals surface area contributed by atoms with Gasteiger partial charge in [-0.3, -0.25) is 9.69 Å². The molecule has 0 spiro atoms. The van der Waals surface area contributed by atoms with Crippen LogP contribution in [0.2, 0.25) is 0 Å². The van der Waals surface area contributed by atoms with Crippen molar-refractivity contribution in [2.24, 2.45) is 11.8 Å². The van der Waals surface area contributed by atoms with E-state index in [9.17, 15) is 22.4 Å². The van der Waals surface area contributed by atoms with Crippen LogP contribution in [-0.2, 0) is 11.3 Å². The highest BCUT2D eigenvalue weighted by atomic mass is 79.9. The van der Waals surface area contributed by atoms with Gasteiger partial charge in [0.15, 0.2) is 0 Å². The van der Waals surface area contributed by atoms with Crippen LogP contribution in [0.5, 0.6) is 0 Å². The van der Waals surface area contributed by atoms with Crippen LogP contribution in [0.25, 0.3) is 0 Å².